The van der Waals surface area contributed by atoms with Crippen molar-refractivity contribution in [3.63, 3.8) is 0 Å². The Morgan fingerprint density at radius 3 is 2.75 bits per heavy atom. The molecule has 2 rings (SSSR count). The third-order valence-electron chi connectivity index (χ3n) is 2.17. The van der Waals surface area contributed by atoms with Gasteiger partial charge in [0, 0.05) is 11.1 Å². The van der Waals surface area contributed by atoms with Crippen molar-refractivity contribution in [2.24, 2.45) is 0 Å². The number of halogens is 2. The van der Waals surface area contributed by atoms with Crippen LogP contribution in [0.2, 0.25) is 0 Å². The highest BCUT2D eigenvalue weighted by atomic mass is 79.9. The standard InChI is InChI=1S/C10H9BrFN3O/c1-16-9-6(2-5(12)3-8(9)11)7-4-14-15-10(7)13/h2-4H,1H3,(H3,13,14,15). The number of nitrogens with two attached hydrogens (primary N) is 1. The molecular formula is C10H9BrFN3O. The van der Waals surface area contributed by atoms with E-state index in [1.54, 1.807) is 0 Å². The van der Waals surface area contributed by atoms with Gasteiger partial charge in [0.05, 0.1) is 17.8 Å². The average Bonchev–Trinajstić information content (AvgIpc) is 2.63. The quantitative estimate of drug-likeness (QED) is 0.891. The molecule has 16 heavy (non-hydrogen) atoms. The molecule has 3 N–H and O–H groups in total. The summed E-state index contributed by atoms with van der Waals surface area (Å²) < 4.78 is 19.0. The van der Waals surface area contributed by atoms with Crippen LogP contribution in [-0.4, -0.2) is 17.3 Å². The fourth-order valence-electron chi connectivity index (χ4n) is 1.48. The number of ether oxygens (including phenoxy) is 1. The van der Waals surface area contributed by atoms with Crippen molar-refractivity contribution in [1.29, 1.82) is 0 Å². The maximum Gasteiger partial charge on any atom is 0.141 e. The molecule has 0 radical (unpaired) electrons. The van der Waals surface area contributed by atoms with Crippen molar-refractivity contribution in [3.8, 4) is 16.9 Å². The van der Waals surface area contributed by atoms with Gasteiger partial charge in [-0.25, -0.2) is 4.39 Å². The molecule has 84 valence electrons. The van der Waals surface area contributed by atoms with Crippen LogP contribution >= 0.6 is 15.9 Å². The highest BCUT2D eigenvalue weighted by Gasteiger charge is 2.15. The highest BCUT2D eigenvalue weighted by Crippen LogP contribution is 2.38. The lowest BCUT2D eigenvalue weighted by atomic mass is 10.1. The van der Waals surface area contributed by atoms with Crippen molar-refractivity contribution in [2.45, 2.75) is 0 Å². The van der Waals surface area contributed by atoms with Crippen molar-refractivity contribution in [3.05, 3.63) is 28.6 Å². The van der Waals surface area contributed by atoms with Gasteiger partial charge < -0.3 is 10.5 Å². The summed E-state index contributed by atoms with van der Waals surface area (Å²) in [7, 11) is 1.51. The molecule has 1 heterocycles. The summed E-state index contributed by atoms with van der Waals surface area (Å²) in [5.74, 6) is 0.522. The molecule has 0 aliphatic carbocycles. The number of nitrogens with zero attached hydrogens (tertiary/aromatic N) is 1. The maximum absolute atomic E-state index is 13.3. The largest absolute Gasteiger partial charge is 0.495 e. The first-order valence-electron chi connectivity index (χ1n) is 4.45. The molecular weight excluding hydrogens is 277 g/mol. The monoisotopic (exact) mass is 285 g/mol. The van der Waals surface area contributed by atoms with Gasteiger partial charge in [-0.1, -0.05) is 0 Å². The zero-order chi connectivity index (χ0) is 11.7. The molecule has 0 amide bonds. The Morgan fingerprint density at radius 1 is 1.44 bits per heavy atom. The number of hydrogen-bond donors (Lipinski definition) is 2. The van der Waals surface area contributed by atoms with E-state index in [0.717, 1.165) is 0 Å². The lowest BCUT2D eigenvalue weighted by Gasteiger charge is -2.09. The lowest BCUT2D eigenvalue weighted by molar-refractivity contribution is 0.412. The average molecular weight is 286 g/mol. The lowest BCUT2D eigenvalue weighted by Crippen LogP contribution is -1.93. The van der Waals surface area contributed by atoms with Gasteiger partial charge in [-0.15, -0.1) is 0 Å². The molecule has 4 nitrogen and oxygen atoms in total. The van der Waals surface area contributed by atoms with E-state index in [2.05, 4.69) is 26.1 Å². The molecule has 1 aromatic heterocycles. The predicted octanol–water partition coefficient (Wildman–Crippen LogP) is 2.57. The van der Waals surface area contributed by atoms with Crippen molar-refractivity contribution in [2.75, 3.05) is 12.8 Å². The van der Waals surface area contributed by atoms with Gasteiger partial charge >= 0.3 is 0 Å². The third kappa shape index (κ3) is 1.76. The van der Waals surface area contributed by atoms with Gasteiger partial charge in [-0.05, 0) is 28.1 Å². The number of aromatic nitrogens is 2. The van der Waals surface area contributed by atoms with E-state index in [0.29, 0.717) is 27.2 Å². The minimum absolute atomic E-state index is 0.371. The SMILES string of the molecule is COc1c(Br)cc(F)cc1-c1cn[nH]c1N. The summed E-state index contributed by atoms with van der Waals surface area (Å²) in [5, 5.41) is 6.38. The maximum atomic E-state index is 13.3. The van der Waals surface area contributed by atoms with Gasteiger partial charge in [0.15, 0.2) is 0 Å². The van der Waals surface area contributed by atoms with Crippen LogP contribution < -0.4 is 10.5 Å². The second-order valence-corrected chi connectivity index (χ2v) is 4.02. The smallest absolute Gasteiger partial charge is 0.141 e. The van der Waals surface area contributed by atoms with Crippen LogP contribution in [0, 0.1) is 5.82 Å². The van der Waals surface area contributed by atoms with E-state index < -0.39 is 0 Å². The summed E-state index contributed by atoms with van der Waals surface area (Å²) in [6.45, 7) is 0. The van der Waals surface area contributed by atoms with Crippen LogP contribution in [0.25, 0.3) is 11.1 Å². The van der Waals surface area contributed by atoms with Crippen molar-refractivity contribution in [1.82, 2.24) is 10.2 Å². The van der Waals surface area contributed by atoms with Crippen molar-refractivity contribution < 1.29 is 9.13 Å². The summed E-state index contributed by atoms with van der Waals surface area (Å²) in [4.78, 5) is 0. The van der Waals surface area contributed by atoms with E-state index in [-0.39, 0.29) is 5.82 Å². The number of H-pyrrole nitrogens is 1. The van der Waals surface area contributed by atoms with E-state index in [4.69, 9.17) is 10.5 Å². The number of benzene rings is 1. The molecule has 0 bridgehead atoms. The Balaban J connectivity index is 2.68. The van der Waals surface area contributed by atoms with Gasteiger partial charge in [-0.2, -0.15) is 5.10 Å². The van der Waals surface area contributed by atoms with Crippen LogP contribution in [0.1, 0.15) is 0 Å². The number of rotatable bonds is 2. The molecule has 0 spiro atoms. The molecule has 0 atom stereocenters. The van der Waals surface area contributed by atoms with E-state index >= 15 is 0 Å². The van der Waals surface area contributed by atoms with Crippen LogP contribution in [0.15, 0.2) is 22.8 Å². The van der Waals surface area contributed by atoms with E-state index in [9.17, 15) is 4.39 Å². The molecule has 0 fully saturated rings. The predicted molar refractivity (Wildman–Crippen MR) is 62.6 cm³/mol. The second-order valence-electron chi connectivity index (χ2n) is 3.17. The summed E-state index contributed by atoms with van der Waals surface area (Å²) in [6.07, 6.45) is 1.53. The normalized spacial score (nSPS) is 10.4. The zero-order valence-corrected chi connectivity index (χ0v) is 10.0. The Labute approximate surface area is 99.7 Å². The Kier molecular flexibility index (Phi) is 2.82. The minimum atomic E-state index is -0.372. The first-order chi connectivity index (χ1) is 7.63. The molecule has 0 saturated carbocycles. The van der Waals surface area contributed by atoms with Gasteiger partial charge in [-0.3, -0.25) is 5.10 Å². The summed E-state index contributed by atoms with van der Waals surface area (Å²) in [6, 6.07) is 2.68. The number of nitrogen functional groups attached to an aromatic ring is 1. The Bertz CT molecular complexity index is 527. The number of aromatic amines is 1. The first-order valence-corrected chi connectivity index (χ1v) is 5.25. The number of anilines is 1. The molecule has 1 aromatic carbocycles. The minimum Gasteiger partial charge on any atom is -0.495 e. The summed E-state index contributed by atoms with van der Waals surface area (Å²) in [5.41, 5.74) is 6.85. The van der Waals surface area contributed by atoms with Gasteiger partial charge in [0.25, 0.3) is 0 Å². The molecule has 2 aromatic rings. The highest BCUT2D eigenvalue weighted by molar-refractivity contribution is 9.10. The van der Waals surface area contributed by atoms with Crippen LogP contribution in [-0.2, 0) is 0 Å². The van der Waals surface area contributed by atoms with Crippen LogP contribution in [0.3, 0.4) is 0 Å². The Hall–Kier alpha value is -1.56. The van der Waals surface area contributed by atoms with Crippen molar-refractivity contribution >= 4 is 21.7 Å². The fraction of sp³-hybridized carbons (Fsp3) is 0.100. The molecule has 0 unspecified atom stereocenters. The first kappa shape index (κ1) is 10.9. The summed E-state index contributed by atoms with van der Waals surface area (Å²) >= 11 is 3.23. The van der Waals surface area contributed by atoms with Crippen LogP contribution in [0.5, 0.6) is 5.75 Å². The number of nitrogens with one attached hydrogen (secondary N) is 1. The fourth-order valence-corrected chi connectivity index (χ4v) is 2.07. The van der Waals surface area contributed by atoms with E-state index in [1.165, 1.54) is 25.4 Å². The third-order valence-corrected chi connectivity index (χ3v) is 2.76. The number of hydrogen-bond acceptors (Lipinski definition) is 3. The van der Waals surface area contributed by atoms with E-state index in [1.807, 2.05) is 0 Å². The molecule has 0 aliphatic heterocycles. The topological polar surface area (TPSA) is 63.9 Å². The Morgan fingerprint density at radius 2 is 2.19 bits per heavy atom. The zero-order valence-electron chi connectivity index (χ0n) is 8.42. The molecule has 0 aliphatic rings. The molecule has 6 heteroatoms. The second kappa shape index (κ2) is 4.13. The molecule has 0 saturated heterocycles. The van der Waals surface area contributed by atoms with Gasteiger partial charge in [0.1, 0.15) is 17.4 Å². The van der Waals surface area contributed by atoms with Gasteiger partial charge in [0.2, 0.25) is 0 Å². The van der Waals surface area contributed by atoms with Crippen LogP contribution in [0.4, 0.5) is 10.2 Å². The number of methoxy groups -OCH3 is 1.